The predicted octanol–water partition coefficient (Wildman–Crippen LogP) is 2.44. The standard InChI is InChI=1S/C15H22O3/c1-10(9-16)5-4-6-11(2)13-8-14(17)12(3)7-15(13)18/h5,7,9,11,13-14,17H,4,6,8H2,1-3H3. The molecule has 100 valence electrons. The maximum Gasteiger partial charge on any atom is 0.159 e. The third-order valence-corrected chi connectivity index (χ3v) is 3.70. The van der Waals surface area contributed by atoms with Gasteiger partial charge in [-0.1, -0.05) is 13.0 Å². The maximum absolute atomic E-state index is 11.9. The summed E-state index contributed by atoms with van der Waals surface area (Å²) in [6, 6.07) is 0. The Labute approximate surface area is 109 Å². The fourth-order valence-corrected chi connectivity index (χ4v) is 2.31. The quantitative estimate of drug-likeness (QED) is 0.602. The van der Waals surface area contributed by atoms with Crippen molar-refractivity contribution in [1.82, 2.24) is 0 Å². The molecule has 0 spiro atoms. The Hall–Kier alpha value is -1.22. The Bertz CT molecular complexity index is 379. The molecule has 0 aromatic heterocycles. The molecule has 3 heteroatoms. The first kappa shape index (κ1) is 14.8. The third kappa shape index (κ3) is 3.91. The molecule has 1 aliphatic carbocycles. The molecule has 0 heterocycles. The van der Waals surface area contributed by atoms with Crippen molar-refractivity contribution < 1.29 is 14.7 Å². The lowest BCUT2D eigenvalue weighted by molar-refractivity contribution is -0.121. The van der Waals surface area contributed by atoms with Gasteiger partial charge in [0.05, 0.1) is 6.10 Å². The zero-order valence-electron chi connectivity index (χ0n) is 11.3. The number of ketones is 1. The van der Waals surface area contributed by atoms with Crippen LogP contribution >= 0.6 is 0 Å². The Balaban J connectivity index is 2.55. The molecule has 3 nitrogen and oxygen atoms in total. The van der Waals surface area contributed by atoms with Gasteiger partial charge in [-0.25, -0.2) is 0 Å². The SMILES string of the molecule is CC(C=O)=CCCC(C)C1CC(O)C(C)=CC1=O. The molecular weight excluding hydrogens is 228 g/mol. The number of carbonyl (C=O) groups is 2. The van der Waals surface area contributed by atoms with Gasteiger partial charge in [-0.2, -0.15) is 0 Å². The van der Waals surface area contributed by atoms with Crippen molar-refractivity contribution in [2.24, 2.45) is 11.8 Å². The highest BCUT2D eigenvalue weighted by atomic mass is 16.3. The van der Waals surface area contributed by atoms with Crippen LogP contribution in [-0.2, 0) is 9.59 Å². The van der Waals surface area contributed by atoms with Crippen molar-refractivity contribution in [3.8, 4) is 0 Å². The second kappa shape index (κ2) is 6.64. The van der Waals surface area contributed by atoms with E-state index >= 15 is 0 Å². The summed E-state index contributed by atoms with van der Waals surface area (Å²) in [4.78, 5) is 22.3. The smallest absolute Gasteiger partial charge is 0.159 e. The lowest BCUT2D eigenvalue weighted by Crippen LogP contribution is -2.30. The maximum atomic E-state index is 11.9. The minimum atomic E-state index is -0.484. The van der Waals surface area contributed by atoms with Crippen LogP contribution in [0.1, 0.15) is 40.0 Å². The molecular formula is C15H22O3. The second-order valence-electron chi connectivity index (χ2n) is 5.27. The molecule has 0 radical (unpaired) electrons. The summed E-state index contributed by atoms with van der Waals surface area (Å²) in [6.45, 7) is 5.60. The van der Waals surface area contributed by atoms with Crippen LogP contribution in [0.3, 0.4) is 0 Å². The number of carbonyl (C=O) groups excluding carboxylic acids is 2. The van der Waals surface area contributed by atoms with Crippen LogP contribution < -0.4 is 0 Å². The van der Waals surface area contributed by atoms with E-state index in [4.69, 9.17) is 0 Å². The second-order valence-corrected chi connectivity index (χ2v) is 5.27. The van der Waals surface area contributed by atoms with Gasteiger partial charge in [0.1, 0.15) is 6.29 Å². The van der Waals surface area contributed by atoms with Crippen molar-refractivity contribution in [3.63, 3.8) is 0 Å². The molecule has 3 unspecified atom stereocenters. The number of aliphatic hydroxyl groups is 1. The van der Waals surface area contributed by atoms with E-state index < -0.39 is 6.10 Å². The summed E-state index contributed by atoms with van der Waals surface area (Å²) in [7, 11) is 0. The number of allylic oxidation sites excluding steroid dienone is 3. The summed E-state index contributed by atoms with van der Waals surface area (Å²) in [5.41, 5.74) is 1.49. The number of hydrogen-bond acceptors (Lipinski definition) is 3. The van der Waals surface area contributed by atoms with Gasteiger partial charge in [0.25, 0.3) is 0 Å². The van der Waals surface area contributed by atoms with Gasteiger partial charge in [0.15, 0.2) is 5.78 Å². The van der Waals surface area contributed by atoms with Gasteiger partial charge < -0.3 is 5.11 Å². The van der Waals surface area contributed by atoms with E-state index in [0.29, 0.717) is 6.42 Å². The highest BCUT2D eigenvalue weighted by Gasteiger charge is 2.30. The van der Waals surface area contributed by atoms with Crippen molar-refractivity contribution in [3.05, 3.63) is 23.3 Å². The van der Waals surface area contributed by atoms with Crippen molar-refractivity contribution >= 4 is 12.1 Å². The topological polar surface area (TPSA) is 54.4 Å². The number of hydrogen-bond donors (Lipinski definition) is 1. The van der Waals surface area contributed by atoms with E-state index in [9.17, 15) is 14.7 Å². The molecule has 0 saturated carbocycles. The highest BCUT2D eigenvalue weighted by Crippen LogP contribution is 2.29. The average Bonchev–Trinajstić information content (AvgIpc) is 2.33. The van der Waals surface area contributed by atoms with E-state index in [1.165, 1.54) is 0 Å². The van der Waals surface area contributed by atoms with E-state index in [2.05, 4.69) is 0 Å². The zero-order chi connectivity index (χ0) is 13.7. The normalized spacial score (nSPS) is 26.8. The molecule has 1 N–H and O–H groups in total. The van der Waals surface area contributed by atoms with Crippen LogP contribution in [0.15, 0.2) is 23.3 Å². The molecule has 0 aromatic rings. The molecule has 18 heavy (non-hydrogen) atoms. The molecule has 0 aliphatic heterocycles. The summed E-state index contributed by atoms with van der Waals surface area (Å²) in [5, 5.41) is 9.79. The first-order valence-corrected chi connectivity index (χ1v) is 6.47. The van der Waals surface area contributed by atoms with Crippen LogP contribution in [0, 0.1) is 11.8 Å². The zero-order valence-corrected chi connectivity index (χ0v) is 11.3. The van der Waals surface area contributed by atoms with Gasteiger partial charge in [0.2, 0.25) is 0 Å². The molecule has 1 aliphatic rings. The summed E-state index contributed by atoms with van der Waals surface area (Å²) >= 11 is 0. The van der Waals surface area contributed by atoms with Gasteiger partial charge in [-0.05, 0) is 56.3 Å². The van der Waals surface area contributed by atoms with Crippen LogP contribution in [0.5, 0.6) is 0 Å². The Morgan fingerprint density at radius 3 is 2.89 bits per heavy atom. The van der Waals surface area contributed by atoms with Crippen LogP contribution in [0.2, 0.25) is 0 Å². The van der Waals surface area contributed by atoms with Gasteiger partial charge in [0, 0.05) is 5.92 Å². The molecule has 1 rings (SSSR count). The molecule has 0 aromatic carbocycles. The molecule has 0 saturated heterocycles. The largest absolute Gasteiger partial charge is 0.389 e. The minimum absolute atomic E-state index is 0.0892. The van der Waals surface area contributed by atoms with Crippen LogP contribution in [-0.4, -0.2) is 23.3 Å². The average molecular weight is 250 g/mol. The van der Waals surface area contributed by atoms with Crippen LogP contribution in [0.25, 0.3) is 0 Å². The lowest BCUT2D eigenvalue weighted by Gasteiger charge is -2.28. The van der Waals surface area contributed by atoms with E-state index in [0.717, 1.165) is 30.3 Å². The Morgan fingerprint density at radius 2 is 2.28 bits per heavy atom. The van der Waals surface area contributed by atoms with Crippen molar-refractivity contribution in [1.29, 1.82) is 0 Å². The lowest BCUT2D eigenvalue weighted by atomic mass is 9.78. The highest BCUT2D eigenvalue weighted by molar-refractivity contribution is 5.93. The first-order chi connectivity index (χ1) is 8.45. The monoisotopic (exact) mass is 250 g/mol. The van der Waals surface area contributed by atoms with Crippen molar-refractivity contribution in [2.75, 3.05) is 0 Å². The fourth-order valence-electron chi connectivity index (χ4n) is 2.31. The van der Waals surface area contributed by atoms with Gasteiger partial charge in [-0.15, -0.1) is 0 Å². The number of aliphatic hydroxyl groups excluding tert-OH is 1. The minimum Gasteiger partial charge on any atom is -0.389 e. The third-order valence-electron chi connectivity index (χ3n) is 3.70. The summed E-state index contributed by atoms with van der Waals surface area (Å²) < 4.78 is 0. The fraction of sp³-hybridized carbons (Fsp3) is 0.600. The summed E-state index contributed by atoms with van der Waals surface area (Å²) in [5.74, 6) is 0.266. The first-order valence-electron chi connectivity index (χ1n) is 6.47. The predicted molar refractivity (Wildman–Crippen MR) is 71.1 cm³/mol. The molecule has 0 fully saturated rings. The molecule has 3 atom stereocenters. The summed E-state index contributed by atoms with van der Waals surface area (Å²) in [6.07, 6.45) is 6.01. The molecule has 0 amide bonds. The Morgan fingerprint density at radius 1 is 1.61 bits per heavy atom. The number of rotatable bonds is 5. The van der Waals surface area contributed by atoms with Gasteiger partial charge in [-0.3, -0.25) is 9.59 Å². The van der Waals surface area contributed by atoms with Crippen molar-refractivity contribution in [2.45, 2.75) is 46.1 Å². The van der Waals surface area contributed by atoms with E-state index in [-0.39, 0.29) is 17.6 Å². The number of aldehydes is 1. The Kier molecular flexibility index (Phi) is 5.48. The molecule has 0 bridgehead atoms. The van der Waals surface area contributed by atoms with Crippen LogP contribution in [0.4, 0.5) is 0 Å². The van der Waals surface area contributed by atoms with E-state index in [1.54, 1.807) is 19.9 Å². The van der Waals surface area contributed by atoms with Gasteiger partial charge >= 0.3 is 0 Å². The van der Waals surface area contributed by atoms with E-state index in [1.807, 2.05) is 13.0 Å².